The molecule has 8 heteroatoms. The van der Waals surface area contributed by atoms with Crippen molar-refractivity contribution in [3.8, 4) is 5.75 Å². The Bertz CT molecular complexity index is 685. The SMILES string of the molecule is [CH2-]COC(=O)CCC/C=C\C[C@@H]1[C@@H](COc2cc(Cl)cc(CO)c2)[C@H](O)C[C@H]1Cl.[Y]. The van der Waals surface area contributed by atoms with E-state index in [1.165, 1.54) is 0 Å². The Balaban J connectivity index is 0.00000450. The molecule has 1 fully saturated rings. The molecule has 0 saturated heterocycles. The predicted molar refractivity (Wildman–Crippen MR) is 114 cm³/mol. The Kier molecular flexibility index (Phi) is 13.8. The van der Waals surface area contributed by atoms with Gasteiger partial charge in [-0.1, -0.05) is 23.8 Å². The van der Waals surface area contributed by atoms with Crippen LogP contribution in [0.4, 0.5) is 0 Å². The number of aliphatic hydroxyl groups is 2. The van der Waals surface area contributed by atoms with Gasteiger partial charge in [0.15, 0.2) is 0 Å². The largest absolute Gasteiger partial charge is 0.499 e. The number of hydrogen-bond acceptors (Lipinski definition) is 5. The maximum absolute atomic E-state index is 11.3. The zero-order chi connectivity index (χ0) is 21.2. The molecule has 1 aromatic carbocycles. The second-order valence-electron chi connectivity index (χ2n) is 7.23. The summed E-state index contributed by atoms with van der Waals surface area (Å²) in [6, 6.07) is 5.11. The van der Waals surface area contributed by atoms with Crippen molar-refractivity contribution < 1.29 is 57.2 Å². The first-order valence-corrected chi connectivity index (χ1v) is 10.7. The summed E-state index contributed by atoms with van der Waals surface area (Å²) < 4.78 is 10.7. The number of rotatable bonds is 11. The molecule has 0 heterocycles. The van der Waals surface area contributed by atoms with Gasteiger partial charge in [-0.15, -0.1) is 11.6 Å². The summed E-state index contributed by atoms with van der Waals surface area (Å²) in [5, 5.41) is 20.1. The van der Waals surface area contributed by atoms with Crippen LogP contribution in [0.15, 0.2) is 30.4 Å². The van der Waals surface area contributed by atoms with E-state index in [0.29, 0.717) is 35.8 Å². The Morgan fingerprint density at radius 1 is 1.27 bits per heavy atom. The maximum atomic E-state index is 11.3. The second-order valence-corrected chi connectivity index (χ2v) is 8.23. The fourth-order valence-electron chi connectivity index (χ4n) is 3.60. The molecule has 0 aromatic heterocycles. The zero-order valence-electron chi connectivity index (χ0n) is 17.0. The van der Waals surface area contributed by atoms with Gasteiger partial charge in [-0.3, -0.25) is 4.79 Å². The van der Waals surface area contributed by atoms with E-state index in [4.69, 9.17) is 32.7 Å². The fourth-order valence-corrected chi connectivity index (χ4v) is 4.32. The molecule has 1 aliphatic carbocycles. The van der Waals surface area contributed by atoms with Crippen LogP contribution in [0.1, 0.15) is 37.7 Å². The van der Waals surface area contributed by atoms with Gasteiger partial charge in [0.25, 0.3) is 0 Å². The number of halogens is 2. The number of benzene rings is 1. The van der Waals surface area contributed by atoms with Crippen molar-refractivity contribution in [1.29, 1.82) is 0 Å². The first-order valence-electron chi connectivity index (χ1n) is 9.89. The fraction of sp³-hybridized carbons (Fsp3) is 0.545. The molecule has 5 nitrogen and oxygen atoms in total. The molecule has 1 radical (unpaired) electrons. The Labute approximate surface area is 214 Å². The van der Waals surface area contributed by atoms with Crippen LogP contribution in [0.25, 0.3) is 0 Å². The van der Waals surface area contributed by atoms with E-state index in [1.54, 1.807) is 18.2 Å². The number of ether oxygens (including phenoxy) is 2. The van der Waals surface area contributed by atoms with Crippen LogP contribution in [0.2, 0.25) is 5.02 Å². The normalized spacial score (nSPS) is 23.4. The van der Waals surface area contributed by atoms with Gasteiger partial charge in [-0.05, 0) is 62.0 Å². The van der Waals surface area contributed by atoms with Crippen LogP contribution >= 0.6 is 23.2 Å². The molecular formula is C22H29Cl2O5Y-. The van der Waals surface area contributed by atoms with Crippen molar-refractivity contribution in [1.82, 2.24) is 0 Å². The number of carbonyl (C=O) groups excluding carboxylic acids is 1. The first kappa shape index (κ1) is 27.9. The minimum atomic E-state index is -0.523. The molecule has 165 valence electrons. The monoisotopic (exact) mass is 532 g/mol. The third-order valence-corrected chi connectivity index (χ3v) is 5.84. The van der Waals surface area contributed by atoms with Gasteiger partial charge in [-0.25, -0.2) is 0 Å². The number of unbranched alkanes of at least 4 members (excludes halogenated alkanes) is 1. The van der Waals surface area contributed by atoms with Crippen molar-refractivity contribution in [2.24, 2.45) is 11.8 Å². The van der Waals surface area contributed by atoms with Crippen LogP contribution in [0, 0.1) is 18.8 Å². The van der Waals surface area contributed by atoms with Crippen LogP contribution < -0.4 is 4.74 Å². The van der Waals surface area contributed by atoms with Gasteiger partial charge in [0.1, 0.15) is 5.75 Å². The van der Waals surface area contributed by atoms with Gasteiger partial charge in [-0.2, -0.15) is 0 Å². The van der Waals surface area contributed by atoms with Crippen LogP contribution in [0.5, 0.6) is 5.75 Å². The van der Waals surface area contributed by atoms with Crippen molar-refractivity contribution in [3.05, 3.63) is 47.9 Å². The Hall–Kier alpha value is -0.166. The molecule has 1 aromatic rings. The minimum absolute atomic E-state index is 0. The third-order valence-electron chi connectivity index (χ3n) is 5.12. The molecule has 0 unspecified atom stereocenters. The quantitative estimate of drug-likeness (QED) is 0.146. The van der Waals surface area contributed by atoms with Gasteiger partial charge < -0.3 is 26.6 Å². The maximum Gasteiger partial charge on any atom is 0.303 e. The summed E-state index contributed by atoms with van der Waals surface area (Å²) in [4.78, 5) is 11.3. The minimum Gasteiger partial charge on any atom is -0.499 e. The van der Waals surface area contributed by atoms with E-state index in [9.17, 15) is 15.0 Å². The van der Waals surface area contributed by atoms with Crippen molar-refractivity contribution in [2.45, 2.75) is 50.2 Å². The van der Waals surface area contributed by atoms with E-state index in [0.717, 1.165) is 19.3 Å². The van der Waals surface area contributed by atoms with E-state index in [2.05, 4.69) is 13.0 Å². The number of aliphatic hydroxyl groups excluding tert-OH is 2. The molecule has 1 saturated carbocycles. The number of esters is 1. The van der Waals surface area contributed by atoms with Crippen molar-refractivity contribution in [2.75, 3.05) is 13.2 Å². The molecule has 0 aliphatic heterocycles. The predicted octanol–water partition coefficient (Wildman–Crippen LogP) is 4.31. The molecule has 2 rings (SSSR count). The molecule has 0 spiro atoms. The number of alkyl halides is 1. The smallest absolute Gasteiger partial charge is 0.303 e. The first-order chi connectivity index (χ1) is 13.9. The molecule has 4 atom stereocenters. The van der Waals surface area contributed by atoms with Gasteiger partial charge >= 0.3 is 5.97 Å². The topological polar surface area (TPSA) is 76.0 Å². The summed E-state index contributed by atoms with van der Waals surface area (Å²) in [5.41, 5.74) is 0.674. The number of hydrogen-bond donors (Lipinski definition) is 2. The molecule has 0 bridgehead atoms. The average Bonchev–Trinajstić information content (AvgIpc) is 2.95. The van der Waals surface area contributed by atoms with Crippen LogP contribution in [0.3, 0.4) is 0 Å². The summed E-state index contributed by atoms with van der Waals surface area (Å²) >= 11 is 12.5. The summed E-state index contributed by atoms with van der Waals surface area (Å²) in [7, 11) is 0. The number of allylic oxidation sites excluding steroid dienone is 2. The molecule has 30 heavy (non-hydrogen) atoms. The van der Waals surface area contributed by atoms with Crippen molar-refractivity contribution >= 4 is 29.2 Å². The third kappa shape index (κ3) is 9.14. The summed E-state index contributed by atoms with van der Waals surface area (Å²) in [6.07, 6.45) is 6.72. The summed E-state index contributed by atoms with van der Waals surface area (Å²) in [5.74, 6) is 0.340. The molecule has 1 aliphatic rings. The van der Waals surface area contributed by atoms with Gasteiger partial charge in [0.05, 0.1) is 19.3 Å². The van der Waals surface area contributed by atoms with Crippen molar-refractivity contribution in [3.63, 3.8) is 0 Å². The van der Waals surface area contributed by atoms with Gasteiger partial charge in [0.2, 0.25) is 0 Å². The zero-order valence-corrected chi connectivity index (χ0v) is 21.4. The van der Waals surface area contributed by atoms with E-state index < -0.39 is 6.10 Å². The van der Waals surface area contributed by atoms with Gasteiger partial charge in [0, 0.05) is 55.4 Å². The molecular weight excluding hydrogens is 504 g/mol. The molecule has 2 N–H and O–H groups in total. The summed E-state index contributed by atoms with van der Waals surface area (Å²) in [6.45, 7) is 3.85. The Morgan fingerprint density at radius 2 is 2.03 bits per heavy atom. The van der Waals surface area contributed by atoms with Crippen LogP contribution in [-0.4, -0.2) is 40.9 Å². The standard InChI is InChI=1S/C22H29Cl2O5.Y/c1-2-28-22(27)8-6-4-3-5-7-18-19(21(26)12-20(18)24)14-29-17-10-15(13-25)9-16(23)11-17;/h3,5,9-11,18-21,25-26H,1-2,4,6-8,12-14H2;/q-1;/b5-3-;/t18-,19-,20-,21-;/m1./s1. The van der Waals surface area contributed by atoms with E-state index >= 15 is 0 Å². The van der Waals surface area contributed by atoms with E-state index in [-0.39, 0.29) is 69.1 Å². The molecule has 0 amide bonds. The second kappa shape index (κ2) is 14.8. The van der Waals surface area contributed by atoms with Crippen LogP contribution in [-0.2, 0) is 48.8 Å². The van der Waals surface area contributed by atoms with E-state index in [1.807, 2.05) is 6.08 Å². The average molecular weight is 533 g/mol. The number of carbonyl (C=O) groups is 1. The Morgan fingerprint density at radius 3 is 2.73 bits per heavy atom.